The largest absolute Gasteiger partial charge is 0.381 e. The van der Waals surface area contributed by atoms with E-state index in [1.54, 1.807) is 7.05 Å². The van der Waals surface area contributed by atoms with Crippen molar-refractivity contribution in [3.8, 4) is 0 Å². The molecule has 158 valence electrons. The molecule has 1 aliphatic heterocycles. The lowest BCUT2D eigenvalue weighted by atomic mass is 9.74. The second kappa shape index (κ2) is 11.7. The minimum atomic E-state index is -0.210. The van der Waals surface area contributed by atoms with Crippen LogP contribution in [0, 0.1) is 5.82 Å². The number of nitrogens with one attached hydrogen (secondary N) is 2. The van der Waals surface area contributed by atoms with Crippen molar-refractivity contribution in [1.29, 1.82) is 0 Å². The average Bonchev–Trinajstić information content (AvgIpc) is 2.73. The molecule has 0 unspecified atom stereocenters. The summed E-state index contributed by atoms with van der Waals surface area (Å²) >= 11 is 5.93. The molecule has 1 saturated heterocycles. The van der Waals surface area contributed by atoms with Crippen LogP contribution in [-0.4, -0.2) is 39.3 Å². The van der Waals surface area contributed by atoms with E-state index >= 15 is 0 Å². The summed E-state index contributed by atoms with van der Waals surface area (Å²) in [5.74, 6) is 0.556. The third-order valence-electron chi connectivity index (χ3n) is 5.34. The first-order chi connectivity index (χ1) is 13.6. The third-order valence-corrected chi connectivity index (χ3v) is 5.60. The third kappa shape index (κ3) is 6.83. The highest BCUT2D eigenvalue weighted by atomic mass is 127. The predicted molar refractivity (Wildman–Crippen MR) is 128 cm³/mol. The van der Waals surface area contributed by atoms with E-state index in [0.29, 0.717) is 13.2 Å². The van der Waals surface area contributed by atoms with Gasteiger partial charge in [0.1, 0.15) is 5.82 Å². The van der Waals surface area contributed by atoms with Crippen molar-refractivity contribution in [3.63, 3.8) is 0 Å². The number of hydrogen-bond acceptors (Lipinski definition) is 2. The van der Waals surface area contributed by atoms with Crippen LogP contribution in [0.2, 0.25) is 5.02 Å². The van der Waals surface area contributed by atoms with E-state index in [9.17, 15) is 4.39 Å². The van der Waals surface area contributed by atoms with Crippen LogP contribution >= 0.6 is 35.6 Å². The van der Waals surface area contributed by atoms with E-state index in [2.05, 4.69) is 15.6 Å². The van der Waals surface area contributed by atoms with Crippen molar-refractivity contribution in [3.05, 3.63) is 70.5 Å². The molecule has 2 aromatic carbocycles. The Bertz CT molecular complexity index is 778. The van der Waals surface area contributed by atoms with Gasteiger partial charge in [0.05, 0.1) is 0 Å². The molecule has 1 fully saturated rings. The van der Waals surface area contributed by atoms with Crippen LogP contribution in [-0.2, 0) is 16.6 Å². The lowest BCUT2D eigenvalue weighted by molar-refractivity contribution is 0.0513. The van der Waals surface area contributed by atoms with E-state index in [4.69, 9.17) is 16.3 Å². The minimum Gasteiger partial charge on any atom is -0.381 e. The standard InChI is InChI=1S/C22H27ClFN3O.HI/c1-25-21(26-13-10-17-2-6-19(23)7-3-17)27-16-22(11-14-28-15-12-22)18-4-8-20(24)9-5-18;/h2-9H,10-16H2,1H3,(H2,25,26,27);1H. The van der Waals surface area contributed by atoms with Crippen LogP contribution in [0.25, 0.3) is 0 Å². The molecule has 0 aliphatic carbocycles. The fourth-order valence-corrected chi connectivity index (χ4v) is 3.71. The molecule has 7 heteroatoms. The zero-order valence-corrected chi connectivity index (χ0v) is 19.7. The molecule has 0 radical (unpaired) electrons. The quantitative estimate of drug-likeness (QED) is 0.327. The van der Waals surface area contributed by atoms with Crippen LogP contribution in [0.15, 0.2) is 53.5 Å². The van der Waals surface area contributed by atoms with E-state index < -0.39 is 0 Å². The topological polar surface area (TPSA) is 45.7 Å². The van der Waals surface area contributed by atoms with Gasteiger partial charge in [0, 0.05) is 43.8 Å². The molecule has 1 aliphatic rings. The molecule has 0 amide bonds. The molecule has 0 spiro atoms. The smallest absolute Gasteiger partial charge is 0.191 e. The van der Waals surface area contributed by atoms with Gasteiger partial charge in [-0.05, 0) is 54.7 Å². The summed E-state index contributed by atoms with van der Waals surface area (Å²) in [5.41, 5.74) is 2.28. The van der Waals surface area contributed by atoms with Crippen molar-refractivity contribution < 1.29 is 9.13 Å². The summed E-state index contributed by atoms with van der Waals surface area (Å²) in [6.07, 6.45) is 2.68. The van der Waals surface area contributed by atoms with Gasteiger partial charge in [-0.3, -0.25) is 4.99 Å². The highest BCUT2D eigenvalue weighted by Crippen LogP contribution is 2.34. The lowest BCUT2D eigenvalue weighted by Gasteiger charge is -2.38. The molecule has 0 atom stereocenters. The van der Waals surface area contributed by atoms with Crippen LogP contribution in [0.4, 0.5) is 4.39 Å². The number of nitrogens with zero attached hydrogens (tertiary/aromatic N) is 1. The Morgan fingerprint density at radius 3 is 2.34 bits per heavy atom. The summed E-state index contributed by atoms with van der Waals surface area (Å²) in [6.45, 7) is 2.92. The normalized spacial score (nSPS) is 16.0. The lowest BCUT2D eigenvalue weighted by Crippen LogP contribution is -2.48. The van der Waals surface area contributed by atoms with Gasteiger partial charge in [-0.25, -0.2) is 4.39 Å². The SMILES string of the molecule is CN=C(NCCc1ccc(Cl)cc1)NCC1(c2ccc(F)cc2)CCOCC1.I. The zero-order valence-electron chi connectivity index (χ0n) is 16.6. The summed E-state index contributed by atoms with van der Waals surface area (Å²) in [6, 6.07) is 14.7. The molecule has 0 aromatic heterocycles. The first-order valence-electron chi connectivity index (χ1n) is 9.64. The minimum absolute atomic E-state index is 0. The number of guanidine groups is 1. The second-order valence-corrected chi connectivity index (χ2v) is 7.57. The van der Waals surface area contributed by atoms with Gasteiger partial charge in [-0.2, -0.15) is 0 Å². The number of aliphatic imine (C=N–C) groups is 1. The van der Waals surface area contributed by atoms with Crippen molar-refractivity contribution in [2.75, 3.05) is 33.4 Å². The fraction of sp³-hybridized carbons (Fsp3) is 0.409. The van der Waals surface area contributed by atoms with Gasteiger partial charge in [0.2, 0.25) is 0 Å². The first kappa shape index (κ1) is 23.9. The van der Waals surface area contributed by atoms with Crippen LogP contribution in [0.1, 0.15) is 24.0 Å². The molecule has 3 rings (SSSR count). The Kier molecular flexibility index (Phi) is 9.65. The molecule has 2 aromatic rings. The van der Waals surface area contributed by atoms with Gasteiger partial charge in [-0.1, -0.05) is 35.9 Å². The number of ether oxygens (including phenoxy) is 1. The van der Waals surface area contributed by atoms with E-state index in [1.807, 2.05) is 36.4 Å². The van der Waals surface area contributed by atoms with Gasteiger partial charge in [-0.15, -0.1) is 24.0 Å². The molecule has 0 saturated carbocycles. The molecule has 29 heavy (non-hydrogen) atoms. The van der Waals surface area contributed by atoms with Crippen LogP contribution in [0.5, 0.6) is 0 Å². The maximum absolute atomic E-state index is 13.4. The molecular weight excluding hydrogens is 504 g/mol. The molecule has 0 bridgehead atoms. The van der Waals surface area contributed by atoms with E-state index in [1.165, 1.54) is 17.7 Å². The zero-order chi connectivity index (χ0) is 19.8. The van der Waals surface area contributed by atoms with E-state index in [-0.39, 0.29) is 35.2 Å². The van der Waals surface area contributed by atoms with Crippen molar-refractivity contribution >= 4 is 41.5 Å². The molecule has 4 nitrogen and oxygen atoms in total. The van der Waals surface area contributed by atoms with Gasteiger partial charge >= 0.3 is 0 Å². The van der Waals surface area contributed by atoms with Gasteiger partial charge < -0.3 is 15.4 Å². The fourth-order valence-electron chi connectivity index (χ4n) is 3.58. The maximum Gasteiger partial charge on any atom is 0.191 e. The van der Waals surface area contributed by atoms with E-state index in [0.717, 1.165) is 48.9 Å². The first-order valence-corrected chi connectivity index (χ1v) is 10.0. The van der Waals surface area contributed by atoms with Crippen LogP contribution in [0.3, 0.4) is 0 Å². The number of benzene rings is 2. The number of hydrogen-bond donors (Lipinski definition) is 2. The highest BCUT2D eigenvalue weighted by molar-refractivity contribution is 14.0. The highest BCUT2D eigenvalue weighted by Gasteiger charge is 2.34. The monoisotopic (exact) mass is 531 g/mol. The molecular formula is C22H28ClFIN3O. The van der Waals surface area contributed by atoms with Gasteiger partial charge in [0.15, 0.2) is 5.96 Å². The van der Waals surface area contributed by atoms with Crippen molar-refractivity contribution in [2.45, 2.75) is 24.7 Å². The molecule has 2 N–H and O–H groups in total. The Morgan fingerprint density at radius 2 is 1.72 bits per heavy atom. The summed E-state index contributed by atoms with van der Waals surface area (Å²) < 4.78 is 18.9. The Labute approximate surface area is 194 Å². The summed E-state index contributed by atoms with van der Waals surface area (Å²) in [5, 5.41) is 7.57. The second-order valence-electron chi connectivity index (χ2n) is 7.13. The van der Waals surface area contributed by atoms with Crippen LogP contribution < -0.4 is 10.6 Å². The number of halogens is 3. The predicted octanol–water partition coefficient (Wildman–Crippen LogP) is 4.55. The number of rotatable bonds is 6. The Hall–Kier alpha value is -1.38. The maximum atomic E-state index is 13.4. The Balaban J connectivity index is 0.00000300. The van der Waals surface area contributed by atoms with Crippen molar-refractivity contribution in [2.24, 2.45) is 4.99 Å². The van der Waals surface area contributed by atoms with Crippen molar-refractivity contribution in [1.82, 2.24) is 10.6 Å². The van der Waals surface area contributed by atoms with Gasteiger partial charge in [0.25, 0.3) is 0 Å². The molecule has 1 heterocycles. The average molecular weight is 532 g/mol. The summed E-state index contributed by atoms with van der Waals surface area (Å²) in [7, 11) is 1.77. The summed E-state index contributed by atoms with van der Waals surface area (Å²) in [4.78, 5) is 4.34. The Morgan fingerprint density at radius 1 is 1.07 bits per heavy atom.